The van der Waals surface area contributed by atoms with Gasteiger partial charge in [-0.2, -0.15) is 0 Å². The lowest BCUT2D eigenvalue weighted by molar-refractivity contribution is 0.0930. The molecule has 0 fully saturated rings. The van der Waals surface area contributed by atoms with Gasteiger partial charge in [0.25, 0.3) is 6.43 Å². The van der Waals surface area contributed by atoms with Gasteiger partial charge in [0, 0.05) is 13.6 Å². The van der Waals surface area contributed by atoms with E-state index in [1.807, 2.05) is 37.3 Å². The van der Waals surface area contributed by atoms with Crippen LogP contribution in [0.5, 0.6) is 0 Å². The van der Waals surface area contributed by atoms with Crippen molar-refractivity contribution in [3.63, 3.8) is 0 Å². The molecule has 21 heavy (non-hydrogen) atoms. The first-order valence-corrected chi connectivity index (χ1v) is 6.96. The highest BCUT2D eigenvalue weighted by Crippen LogP contribution is 2.02. The van der Waals surface area contributed by atoms with E-state index in [-0.39, 0.29) is 5.92 Å². The highest BCUT2D eigenvalue weighted by molar-refractivity contribution is 5.79. The number of nitrogens with one attached hydrogen (secondary N) is 2. The molecule has 2 N–H and O–H groups in total. The number of ether oxygens (including phenoxy) is 1. The van der Waals surface area contributed by atoms with Crippen LogP contribution in [0, 0.1) is 5.92 Å². The van der Waals surface area contributed by atoms with Crippen LogP contribution in [-0.2, 0) is 11.3 Å². The van der Waals surface area contributed by atoms with Gasteiger partial charge in [0.2, 0.25) is 0 Å². The fraction of sp³-hybridized carbons (Fsp3) is 0.533. The molecule has 0 saturated carbocycles. The van der Waals surface area contributed by atoms with Gasteiger partial charge in [-0.25, -0.2) is 8.78 Å². The number of nitrogens with zero attached hydrogens (tertiary/aromatic N) is 1. The minimum atomic E-state index is -2.39. The van der Waals surface area contributed by atoms with E-state index in [0.29, 0.717) is 25.7 Å². The maximum Gasteiger partial charge on any atom is 0.255 e. The summed E-state index contributed by atoms with van der Waals surface area (Å²) in [5, 5.41) is 5.55. The zero-order chi connectivity index (χ0) is 15.5. The Labute approximate surface area is 124 Å². The van der Waals surface area contributed by atoms with E-state index in [0.717, 1.165) is 5.56 Å². The van der Waals surface area contributed by atoms with Crippen molar-refractivity contribution in [1.29, 1.82) is 0 Å². The molecule has 0 heterocycles. The summed E-state index contributed by atoms with van der Waals surface area (Å²) < 4.78 is 29.8. The van der Waals surface area contributed by atoms with Crippen molar-refractivity contribution in [2.24, 2.45) is 10.9 Å². The lowest BCUT2D eigenvalue weighted by Gasteiger charge is -2.16. The molecule has 1 aromatic carbocycles. The minimum absolute atomic E-state index is 0.249. The zero-order valence-electron chi connectivity index (χ0n) is 12.5. The first kappa shape index (κ1) is 17.4. The molecule has 6 heteroatoms. The van der Waals surface area contributed by atoms with Crippen LogP contribution in [0.1, 0.15) is 12.5 Å². The Morgan fingerprint density at radius 3 is 2.48 bits per heavy atom. The monoisotopic (exact) mass is 299 g/mol. The maximum absolute atomic E-state index is 12.1. The Hall–Kier alpha value is -1.69. The molecule has 1 atom stereocenters. The fourth-order valence-electron chi connectivity index (χ4n) is 1.68. The van der Waals surface area contributed by atoms with Crippen molar-refractivity contribution in [1.82, 2.24) is 10.6 Å². The van der Waals surface area contributed by atoms with Gasteiger partial charge in [-0.05, 0) is 11.5 Å². The molecule has 0 aliphatic rings. The molecule has 1 rings (SSSR count). The summed E-state index contributed by atoms with van der Waals surface area (Å²) in [6.45, 7) is 3.39. The van der Waals surface area contributed by atoms with Crippen LogP contribution in [0.3, 0.4) is 0 Å². The van der Waals surface area contributed by atoms with Gasteiger partial charge >= 0.3 is 0 Å². The second-order valence-electron chi connectivity index (χ2n) is 4.83. The zero-order valence-corrected chi connectivity index (χ0v) is 12.5. The average Bonchev–Trinajstić information content (AvgIpc) is 2.48. The minimum Gasteiger partial charge on any atom is -0.376 e. The lowest BCUT2D eigenvalue weighted by atomic mass is 10.2. The number of hydrogen-bond acceptors (Lipinski definition) is 2. The summed E-state index contributed by atoms with van der Waals surface area (Å²) in [5.41, 5.74) is 1.13. The van der Waals surface area contributed by atoms with E-state index < -0.39 is 13.0 Å². The molecule has 0 spiro atoms. The molecule has 0 radical (unpaired) electrons. The summed E-state index contributed by atoms with van der Waals surface area (Å²) in [5.74, 6) is 0.629. The first-order chi connectivity index (χ1) is 10.1. The number of alkyl halides is 2. The van der Waals surface area contributed by atoms with Crippen molar-refractivity contribution < 1.29 is 13.5 Å². The van der Waals surface area contributed by atoms with Crippen molar-refractivity contribution in [2.45, 2.75) is 20.0 Å². The molecule has 0 saturated heterocycles. The summed E-state index contributed by atoms with van der Waals surface area (Å²) in [7, 11) is 1.55. The number of halogens is 2. The number of hydrogen-bond donors (Lipinski definition) is 2. The number of guanidine groups is 1. The van der Waals surface area contributed by atoms with Crippen LogP contribution >= 0.6 is 0 Å². The Morgan fingerprint density at radius 1 is 1.19 bits per heavy atom. The molecule has 0 aliphatic heterocycles. The molecule has 118 valence electrons. The third-order valence-corrected chi connectivity index (χ3v) is 2.78. The standard InChI is InChI=1S/C15H23F2N3O/c1-12(8-19-15(18-2)20-9-14(16)17)10-21-11-13-6-4-3-5-7-13/h3-7,12,14H,8-11H2,1-2H3,(H2,18,19,20). The van der Waals surface area contributed by atoms with E-state index in [2.05, 4.69) is 15.6 Å². The van der Waals surface area contributed by atoms with E-state index >= 15 is 0 Å². The van der Waals surface area contributed by atoms with Gasteiger partial charge in [-0.15, -0.1) is 0 Å². The van der Waals surface area contributed by atoms with E-state index in [1.165, 1.54) is 0 Å². The van der Waals surface area contributed by atoms with Crippen LogP contribution in [0.4, 0.5) is 8.78 Å². The largest absolute Gasteiger partial charge is 0.376 e. The fourth-order valence-corrected chi connectivity index (χ4v) is 1.68. The predicted molar refractivity (Wildman–Crippen MR) is 80.6 cm³/mol. The molecule has 0 aliphatic carbocycles. The van der Waals surface area contributed by atoms with Crippen molar-refractivity contribution in [2.75, 3.05) is 26.7 Å². The quantitative estimate of drug-likeness (QED) is 0.572. The predicted octanol–water partition coefficient (Wildman–Crippen LogP) is 2.27. The van der Waals surface area contributed by atoms with Gasteiger partial charge in [0.15, 0.2) is 5.96 Å². The van der Waals surface area contributed by atoms with Crippen molar-refractivity contribution >= 4 is 5.96 Å². The molecule has 0 amide bonds. The molecule has 0 aromatic heterocycles. The van der Waals surface area contributed by atoms with E-state index in [9.17, 15) is 8.78 Å². The number of benzene rings is 1. The molecule has 4 nitrogen and oxygen atoms in total. The summed E-state index contributed by atoms with van der Waals surface area (Å²) in [4.78, 5) is 3.88. The highest BCUT2D eigenvalue weighted by atomic mass is 19.3. The van der Waals surface area contributed by atoms with E-state index in [1.54, 1.807) is 7.05 Å². The van der Waals surface area contributed by atoms with Gasteiger partial charge in [-0.3, -0.25) is 4.99 Å². The Balaban J connectivity index is 2.16. The van der Waals surface area contributed by atoms with Gasteiger partial charge in [0.1, 0.15) is 0 Å². The Morgan fingerprint density at radius 2 is 1.86 bits per heavy atom. The first-order valence-electron chi connectivity index (χ1n) is 6.96. The van der Waals surface area contributed by atoms with Gasteiger partial charge in [-0.1, -0.05) is 37.3 Å². The summed E-state index contributed by atoms with van der Waals surface area (Å²) in [6, 6.07) is 9.94. The normalized spacial score (nSPS) is 13.3. The Kier molecular flexibility index (Phi) is 8.35. The van der Waals surface area contributed by atoms with Crippen molar-refractivity contribution in [3.05, 3.63) is 35.9 Å². The highest BCUT2D eigenvalue weighted by Gasteiger charge is 2.07. The SMILES string of the molecule is CN=C(NCC(F)F)NCC(C)COCc1ccccc1. The van der Waals surface area contributed by atoms with Crippen LogP contribution in [0.25, 0.3) is 0 Å². The van der Waals surface area contributed by atoms with Crippen LogP contribution in [-0.4, -0.2) is 39.1 Å². The topological polar surface area (TPSA) is 45.7 Å². The third-order valence-electron chi connectivity index (χ3n) is 2.78. The Bertz CT molecular complexity index is 413. The second kappa shape index (κ2) is 10.1. The summed E-state index contributed by atoms with van der Waals surface area (Å²) >= 11 is 0. The number of aliphatic imine (C=N–C) groups is 1. The summed E-state index contributed by atoms with van der Waals surface area (Å²) in [6.07, 6.45) is -2.39. The van der Waals surface area contributed by atoms with Gasteiger partial charge in [0.05, 0.1) is 19.8 Å². The second-order valence-corrected chi connectivity index (χ2v) is 4.83. The van der Waals surface area contributed by atoms with Crippen molar-refractivity contribution in [3.8, 4) is 0 Å². The third kappa shape index (κ3) is 8.24. The molecule has 1 aromatic rings. The number of rotatable bonds is 8. The smallest absolute Gasteiger partial charge is 0.255 e. The maximum atomic E-state index is 12.1. The van der Waals surface area contributed by atoms with Crippen LogP contribution < -0.4 is 10.6 Å². The molecular formula is C15H23F2N3O. The molecule has 1 unspecified atom stereocenters. The molecule has 0 bridgehead atoms. The van der Waals surface area contributed by atoms with Crippen LogP contribution in [0.2, 0.25) is 0 Å². The van der Waals surface area contributed by atoms with Gasteiger partial charge < -0.3 is 15.4 Å². The lowest BCUT2D eigenvalue weighted by Crippen LogP contribution is -2.41. The molecular weight excluding hydrogens is 276 g/mol. The average molecular weight is 299 g/mol. The van der Waals surface area contributed by atoms with E-state index in [4.69, 9.17) is 4.74 Å². The van der Waals surface area contributed by atoms with Crippen LogP contribution in [0.15, 0.2) is 35.3 Å².